The molecule has 1 heterocycles. The lowest BCUT2D eigenvalue weighted by Crippen LogP contribution is -2.38. The summed E-state index contributed by atoms with van der Waals surface area (Å²) in [5.41, 5.74) is 2.40. The number of aryl methyl sites for hydroxylation is 1. The first-order chi connectivity index (χ1) is 8.16. The van der Waals surface area contributed by atoms with Crippen LogP contribution in [0.15, 0.2) is 24.3 Å². The monoisotopic (exact) mass is 255 g/mol. The summed E-state index contributed by atoms with van der Waals surface area (Å²) in [5.74, 6) is 0. The van der Waals surface area contributed by atoms with Crippen molar-refractivity contribution in [1.82, 2.24) is 0 Å². The average Bonchev–Trinajstić information content (AvgIpc) is 2.26. The number of rotatable bonds is 1. The molecule has 1 aromatic carbocycles. The summed E-state index contributed by atoms with van der Waals surface area (Å²) in [7, 11) is 0. The normalized spacial score (nSPS) is 26.4. The van der Waals surface area contributed by atoms with E-state index in [4.69, 9.17) is 8.37 Å². The second-order valence-corrected chi connectivity index (χ2v) is 5.00. The maximum atomic E-state index is 11.2. The largest absolute Gasteiger partial charge is 0.366 e. The molecule has 2 unspecified atom stereocenters. The summed E-state index contributed by atoms with van der Waals surface area (Å²) < 4.78 is 21.4. The highest BCUT2D eigenvalue weighted by molar-refractivity contribution is 7.75. The van der Waals surface area contributed by atoms with Crippen LogP contribution in [0, 0.1) is 6.92 Å². The van der Waals surface area contributed by atoms with Crippen molar-refractivity contribution in [3.8, 4) is 0 Å². The van der Waals surface area contributed by atoms with Gasteiger partial charge in [-0.1, -0.05) is 18.2 Å². The van der Waals surface area contributed by atoms with E-state index in [9.17, 15) is 4.21 Å². The van der Waals surface area contributed by atoms with E-state index < -0.39 is 11.4 Å². The third-order valence-corrected chi connectivity index (χ3v) is 3.56. The summed E-state index contributed by atoms with van der Waals surface area (Å²) in [5, 5.41) is 0. The predicted molar refractivity (Wildman–Crippen MR) is 68.0 cm³/mol. The lowest BCUT2D eigenvalue weighted by molar-refractivity contribution is 0.184. The molecule has 5 heteroatoms. The van der Waals surface area contributed by atoms with Gasteiger partial charge in [0.05, 0.1) is 12.7 Å². The van der Waals surface area contributed by atoms with Gasteiger partial charge in [-0.05, 0) is 25.5 Å². The molecule has 17 heavy (non-hydrogen) atoms. The molecule has 2 rings (SSSR count). The van der Waals surface area contributed by atoms with Crippen molar-refractivity contribution in [3.63, 3.8) is 0 Å². The van der Waals surface area contributed by atoms with Gasteiger partial charge in [0.15, 0.2) is 0 Å². The number of hydrogen-bond donors (Lipinski definition) is 0. The zero-order valence-electron chi connectivity index (χ0n) is 10.1. The number of hydrogen-bond acceptors (Lipinski definition) is 4. The summed E-state index contributed by atoms with van der Waals surface area (Å²) in [6.07, 6.45) is -0.115. The van der Waals surface area contributed by atoms with E-state index in [2.05, 4.69) is 24.0 Å². The van der Waals surface area contributed by atoms with Crippen LogP contribution in [0.25, 0.3) is 0 Å². The second-order valence-electron chi connectivity index (χ2n) is 4.17. The van der Waals surface area contributed by atoms with Crippen LogP contribution in [0.4, 0.5) is 5.69 Å². The van der Waals surface area contributed by atoms with Crippen molar-refractivity contribution in [2.45, 2.75) is 20.0 Å². The Kier molecular flexibility index (Phi) is 4.15. The van der Waals surface area contributed by atoms with E-state index in [1.54, 1.807) is 0 Å². The van der Waals surface area contributed by atoms with Crippen molar-refractivity contribution in [3.05, 3.63) is 29.8 Å². The standard InChI is InChI=1S/C12H17NO3S/c1-10-5-3-4-6-12(10)13-7-8-15-17(14)16-11(2)9-13/h3-6,11H,7-9H2,1-2H3. The quantitative estimate of drug-likeness (QED) is 0.767. The molecule has 0 saturated carbocycles. The van der Waals surface area contributed by atoms with Gasteiger partial charge in [0, 0.05) is 18.8 Å². The van der Waals surface area contributed by atoms with E-state index in [1.807, 2.05) is 19.1 Å². The Bertz CT molecular complexity index is 410. The fourth-order valence-corrected chi connectivity index (χ4v) is 2.54. The van der Waals surface area contributed by atoms with Crippen molar-refractivity contribution < 1.29 is 12.6 Å². The Balaban J connectivity index is 2.15. The maximum Gasteiger partial charge on any atom is 0.304 e. The van der Waals surface area contributed by atoms with Gasteiger partial charge in [0.1, 0.15) is 0 Å². The molecule has 4 nitrogen and oxygen atoms in total. The number of para-hydroxylation sites is 1. The highest BCUT2D eigenvalue weighted by atomic mass is 32.2. The fraction of sp³-hybridized carbons (Fsp3) is 0.500. The molecule has 94 valence electrons. The van der Waals surface area contributed by atoms with Crippen LogP contribution in [0.1, 0.15) is 12.5 Å². The molecule has 0 aliphatic carbocycles. The predicted octanol–water partition coefficient (Wildman–Crippen LogP) is 1.82. The molecule has 2 atom stereocenters. The zero-order chi connectivity index (χ0) is 12.3. The minimum Gasteiger partial charge on any atom is -0.366 e. The first-order valence-electron chi connectivity index (χ1n) is 5.69. The van der Waals surface area contributed by atoms with Crippen LogP contribution in [-0.4, -0.2) is 30.0 Å². The van der Waals surface area contributed by atoms with Crippen LogP contribution < -0.4 is 4.90 Å². The number of nitrogens with zero attached hydrogens (tertiary/aromatic N) is 1. The van der Waals surface area contributed by atoms with Crippen LogP contribution >= 0.6 is 0 Å². The van der Waals surface area contributed by atoms with Crippen LogP contribution in [-0.2, 0) is 19.7 Å². The third kappa shape index (κ3) is 3.28. The topological polar surface area (TPSA) is 38.8 Å². The van der Waals surface area contributed by atoms with Crippen molar-refractivity contribution in [2.75, 3.05) is 24.6 Å². The van der Waals surface area contributed by atoms with Crippen LogP contribution in [0.2, 0.25) is 0 Å². The van der Waals surface area contributed by atoms with Crippen LogP contribution in [0.3, 0.4) is 0 Å². The first kappa shape index (κ1) is 12.5. The molecular formula is C12H17NO3S. The van der Waals surface area contributed by atoms with Gasteiger partial charge < -0.3 is 4.90 Å². The second kappa shape index (κ2) is 5.62. The minimum atomic E-state index is -1.60. The molecule has 1 fully saturated rings. The van der Waals surface area contributed by atoms with Crippen molar-refractivity contribution in [2.24, 2.45) is 0 Å². The Morgan fingerprint density at radius 1 is 1.41 bits per heavy atom. The Morgan fingerprint density at radius 3 is 2.94 bits per heavy atom. The Hall–Kier alpha value is -0.910. The molecule has 1 aliphatic heterocycles. The van der Waals surface area contributed by atoms with Gasteiger partial charge in [-0.15, -0.1) is 0 Å². The lowest BCUT2D eigenvalue weighted by atomic mass is 10.1. The van der Waals surface area contributed by atoms with Gasteiger partial charge in [0.2, 0.25) is 0 Å². The molecule has 0 N–H and O–H groups in total. The van der Waals surface area contributed by atoms with Gasteiger partial charge in [0.25, 0.3) is 0 Å². The summed E-state index contributed by atoms with van der Waals surface area (Å²) >= 11 is -1.60. The minimum absolute atomic E-state index is 0.115. The fourth-order valence-electron chi connectivity index (χ4n) is 1.95. The maximum absolute atomic E-state index is 11.2. The molecule has 0 amide bonds. The molecule has 1 aromatic rings. The van der Waals surface area contributed by atoms with Gasteiger partial charge in [-0.2, -0.15) is 4.21 Å². The molecule has 0 radical (unpaired) electrons. The van der Waals surface area contributed by atoms with E-state index in [0.29, 0.717) is 6.61 Å². The average molecular weight is 255 g/mol. The molecule has 0 bridgehead atoms. The highest BCUT2D eigenvalue weighted by Crippen LogP contribution is 2.21. The number of benzene rings is 1. The van der Waals surface area contributed by atoms with E-state index in [-0.39, 0.29) is 6.10 Å². The summed E-state index contributed by atoms with van der Waals surface area (Å²) in [6, 6.07) is 8.21. The van der Waals surface area contributed by atoms with Crippen LogP contribution in [0.5, 0.6) is 0 Å². The first-order valence-corrected chi connectivity index (χ1v) is 6.69. The van der Waals surface area contributed by atoms with Gasteiger partial charge in [-0.25, -0.2) is 0 Å². The highest BCUT2D eigenvalue weighted by Gasteiger charge is 2.19. The third-order valence-electron chi connectivity index (χ3n) is 2.72. The molecule has 0 aromatic heterocycles. The number of anilines is 1. The zero-order valence-corrected chi connectivity index (χ0v) is 10.9. The van der Waals surface area contributed by atoms with Gasteiger partial charge >= 0.3 is 11.4 Å². The van der Waals surface area contributed by atoms with Crippen molar-refractivity contribution in [1.29, 1.82) is 0 Å². The van der Waals surface area contributed by atoms with E-state index in [0.717, 1.165) is 13.1 Å². The molecular weight excluding hydrogens is 238 g/mol. The smallest absolute Gasteiger partial charge is 0.304 e. The Morgan fingerprint density at radius 2 is 2.18 bits per heavy atom. The summed E-state index contributed by atoms with van der Waals surface area (Å²) in [4.78, 5) is 2.20. The molecule has 1 aliphatic rings. The van der Waals surface area contributed by atoms with Crippen molar-refractivity contribution >= 4 is 17.0 Å². The SMILES string of the molecule is Cc1ccccc1N1CCOS(=O)OC(C)C1. The van der Waals surface area contributed by atoms with E-state index >= 15 is 0 Å². The lowest BCUT2D eigenvalue weighted by Gasteiger charge is -2.30. The molecule has 0 spiro atoms. The summed E-state index contributed by atoms with van der Waals surface area (Å²) in [6.45, 7) is 5.84. The van der Waals surface area contributed by atoms with E-state index in [1.165, 1.54) is 11.3 Å². The Labute approximate surface area is 104 Å². The molecule has 1 saturated heterocycles. The van der Waals surface area contributed by atoms with Gasteiger partial charge in [-0.3, -0.25) is 8.37 Å².